The van der Waals surface area contributed by atoms with Gasteiger partial charge in [0.15, 0.2) is 0 Å². The van der Waals surface area contributed by atoms with Crippen molar-refractivity contribution in [1.29, 1.82) is 0 Å². The van der Waals surface area contributed by atoms with Gasteiger partial charge in [-0.05, 0) is 24.3 Å². The Hall–Kier alpha value is -1.68. The van der Waals surface area contributed by atoms with Crippen molar-refractivity contribution in [3.63, 3.8) is 0 Å². The first-order valence-electron chi connectivity index (χ1n) is 6.12. The molecule has 1 N–H and O–H groups in total. The lowest BCUT2D eigenvalue weighted by Crippen LogP contribution is -2.30. The molecule has 0 atom stereocenters. The van der Waals surface area contributed by atoms with Crippen LogP contribution in [-0.2, 0) is 0 Å². The van der Waals surface area contributed by atoms with E-state index in [0.717, 1.165) is 10.0 Å². The number of nitrogens with zero attached hydrogens (tertiary/aromatic N) is 2. The van der Waals surface area contributed by atoms with E-state index in [2.05, 4.69) is 52.0 Å². The Bertz CT molecular complexity index is 600. The molecule has 2 aromatic carbocycles. The highest BCUT2D eigenvalue weighted by Gasteiger charge is 2.33. The predicted molar refractivity (Wildman–Crippen MR) is 81.8 cm³/mol. The van der Waals surface area contributed by atoms with Crippen LogP contribution >= 0.6 is 15.9 Å². The van der Waals surface area contributed by atoms with Crippen LogP contribution in [0.4, 0.5) is 11.4 Å². The molecule has 1 aliphatic rings. The van der Waals surface area contributed by atoms with E-state index in [4.69, 9.17) is 0 Å². The molecule has 0 aromatic heterocycles. The molecular formula is C15H15BrN2O. The number of hydrogen-bond acceptors (Lipinski definition) is 3. The third-order valence-corrected chi connectivity index (χ3v) is 4.14. The minimum absolute atomic E-state index is 0.0190. The van der Waals surface area contributed by atoms with Crippen LogP contribution in [0, 0.1) is 0 Å². The van der Waals surface area contributed by atoms with Gasteiger partial charge in [-0.15, -0.1) is 0 Å². The Morgan fingerprint density at radius 3 is 2.11 bits per heavy atom. The predicted octanol–water partition coefficient (Wildman–Crippen LogP) is 3.74. The first kappa shape index (κ1) is 12.4. The fourth-order valence-electron chi connectivity index (χ4n) is 2.74. The second-order valence-corrected chi connectivity index (χ2v) is 5.70. The van der Waals surface area contributed by atoms with Gasteiger partial charge in [0.25, 0.3) is 0 Å². The average molecular weight is 319 g/mol. The summed E-state index contributed by atoms with van der Waals surface area (Å²) in [4.78, 5) is 4.36. The molecule has 1 aliphatic heterocycles. The molecule has 1 heterocycles. The van der Waals surface area contributed by atoms with Crippen LogP contribution in [0.15, 0.2) is 46.9 Å². The summed E-state index contributed by atoms with van der Waals surface area (Å²) < 4.78 is 0.884. The smallest absolute Gasteiger partial charge is 0.131 e. The Labute approximate surface area is 121 Å². The minimum atomic E-state index is 0.0190. The summed E-state index contributed by atoms with van der Waals surface area (Å²) in [5, 5.41) is 10.2. The van der Waals surface area contributed by atoms with Crippen molar-refractivity contribution >= 4 is 27.3 Å². The van der Waals surface area contributed by atoms with Gasteiger partial charge >= 0.3 is 0 Å². The molecule has 0 aliphatic carbocycles. The monoisotopic (exact) mass is 318 g/mol. The molecule has 0 unspecified atom stereocenters. The van der Waals surface area contributed by atoms with Crippen molar-refractivity contribution in [1.82, 2.24) is 0 Å². The normalized spacial score (nSPS) is 14.9. The molecule has 0 amide bonds. The lowest BCUT2D eigenvalue weighted by molar-refractivity contribution is 0.460. The van der Waals surface area contributed by atoms with Crippen LogP contribution in [-0.4, -0.2) is 19.2 Å². The summed E-state index contributed by atoms with van der Waals surface area (Å²) in [5.74, 6) is 0.311. The SMILES string of the molecule is CN1c2ccccc2N(C)C1c1ccc(Br)cc1O. The molecule has 4 heteroatoms. The molecule has 0 bridgehead atoms. The fourth-order valence-corrected chi connectivity index (χ4v) is 3.09. The number of anilines is 2. The zero-order valence-electron chi connectivity index (χ0n) is 10.8. The minimum Gasteiger partial charge on any atom is -0.507 e. The first-order valence-corrected chi connectivity index (χ1v) is 6.92. The largest absolute Gasteiger partial charge is 0.507 e. The molecule has 0 spiro atoms. The van der Waals surface area contributed by atoms with Gasteiger partial charge in [0.2, 0.25) is 0 Å². The zero-order chi connectivity index (χ0) is 13.6. The maximum atomic E-state index is 10.2. The van der Waals surface area contributed by atoms with Crippen LogP contribution in [0.3, 0.4) is 0 Å². The molecule has 0 fully saturated rings. The summed E-state index contributed by atoms with van der Waals surface area (Å²) in [6.45, 7) is 0. The van der Waals surface area contributed by atoms with Gasteiger partial charge in [0, 0.05) is 24.1 Å². The van der Waals surface area contributed by atoms with Crippen LogP contribution in [0.2, 0.25) is 0 Å². The number of benzene rings is 2. The summed E-state index contributed by atoms with van der Waals surface area (Å²) in [5.41, 5.74) is 3.26. The van der Waals surface area contributed by atoms with Gasteiger partial charge in [0.1, 0.15) is 11.9 Å². The fraction of sp³-hybridized carbons (Fsp3) is 0.200. The third-order valence-electron chi connectivity index (χ3n) is 3.65. The van der Waals surface area contributed by atoms with E-state index in [-0.39, 0.29) is 6.17 Å². The molecule has 0 saturated carbocycles. The van der Waals surface area contributed by atoms with Crippen molar-refractivity contribution in [3.8, 4) is 5.75 Å². The first-order chi connectivity index (χ1) is 9.09. The number of phenolic OH excluding ortho intramolecular Hbond substituents is 1. The van der Waals surface area contributed by atoms with E-state index in [0.29, 0.717) is 5.75 Å². The van der Waals surface area contributed by atoms with E-state index in [1.54, 1.807) is 6.07 Å². The highest BCUT2D eigenvalue weighted by atomic mass is 79.9. The van der Waals surface area contributed by atoms with E-state index in [1.807, 2.05) is 24.3 Å². The van der Waals surface area contributed by atoms with Gasteiger partial charge < -0.3 is 14.9 Å². The number of fused-ring (bicyclic) bond motifs is 1. The summed E-state index contributed by atoms with van der Waals surface area (Å²) in [6.07, 6.45) is 0.0190. The van der Waals surface area contributed by atoms with Crippen molar-refractivity contribution in [3.05, 3.63) is 52.5 Å². The highest BCUT2D eigenvalue weighted by Crippen LogP contribution is 2.46. The lowest BCUT2D eigenvalue weighted by atomic mass is 10.1. The zero-order valence-corrected chi connectivity index (χ0v) is 12.4. The van der Waals surface area contributed by atoms with E-state index in [1.165, 1.54) is 11.4 Å². The number of aromatic hydroxyl groups is 1. The summed E-state index contributed by atoms with van der Waals surface area (Å²) in [6, 6.07) is 13.9. The lowest BCUT2D eigenvalue weighted by Gasteiger charge is -2.28. The molecular weight excluding hydrogens is 304 g/mol. The number of hydrogen-bond donors (Lipinski definition) is 1. The van der Waals surface area contributed by atoms with Crippen molar-refractivity contribution in [2.75, 3.05) is 23.9 Å². The summed E-state index contributed by atoms with van der Waals surface area (Å²) in [7, 11) is 4.10. The number of rotatable bonds is 1. The Morgan fingerprint density at radius 1 is 1.00 bits per heavy atom. The standard InChI is InChI=1S/C15H15BrN2O/c1-17-12-5-3-4-6-13(12)18(2)15(17)11-8-7-10(16)9-14(11)19/h3-9,15,19H,1-2H3. The van der Waals surface area contributed by atoms with Crippen molar-refractivity contribution in [2.24, 2.45) is 0 Å². The molecule has 0 radical (unpaired) electrons. The topological polar surface area (TPSA) is 26.7 Å². The number of phenols is 1. The number of para-hydroxylation sites is 2. The van der Waals surface area contributed by atoms with Gasteiger partial charge in [-0.3, -0.25) is 0 Å². The second-order valence-electron chi connectivity index (χ2n) is 4.79. The van der Waals surface area contributed by atoms with Crippen LogP contribution in [0.25, 0.3) is 0 Å². The van der Waals surface area contributed by atoms with Gasteiger partial charge in [-0.2, -0.15) is 0 Å². The van der Waals surface area contributed by atoms with Crippen molar-refractivity contribution < 1.29 is 5.11 Å². The molecule has 19 heavy (non-hydrogen) atoms. The van der Waals surface area contributed by atoms with Crippen LogP contribution < -0.4 is 9.80 Å². The molecule has 0 saturated heterocycles. The van der Waals surface area contributed by atoms with Crippen molar-refractivity contribution in [2.45, 2.75) is 6.17 Å². The van der Waals surface area contributed by atoms with E-state index in [9.17, 15) is 5.11 Å². The highest BCUT2D eigenvalue weighted by molar-refractivity contribution is 9.10. The van der Waals surface area contributed by atoms with Gasteiger partial charge in [-0.25, -0.2) is 0 Å². The second kappa shape index (κ2) is 4.46. The summed E-state index contributed by atoms with van der Waals surface area (Å²) >= 11 is 3.38. The molecule has 98 valence electrons. The quantitative estimate of drug-likeness (QED) is 0.867. The molecule has 2 aromatic rings. The molecule has 3 nitrogen and oxygen atoms in total. The third kappa shape index (κ3) is 1.87. The van der Waals surface area contributed by atoms with Crippen LogP contribution in [0.1, 0.15) is 11.7 Å². The average Bonchev–Trinajstić information content (AvgIpc) is 2.64. The van der Waals surface area contributed by atoms with E-state index < -0.39 is 0 Å². The van der Waals surface area contributed by atoms with Gasteiger partial charge in [-0.1, -0.05) is 34.1 Å². The Kier molecular flexibility index (Phi) is 2.90. The number of halogens is 1. The van der Waals surface area contributed by atoms with E-state index >= 15 is 0 Å². The maximum Gasteiger partial charge on any atom is 0.131 e. The van der Waals surface area contributed by atoms with Gasteiger partial charge in [0.05, 0.1) is 11.4 Å². The maximum absolute atomic E-state index is 10.2. The Morgan fingerprint density at radius 2 is 1.58 bits per heavy atom. The van der Waals surface area contributed by atoms with Crippen LogP contribution in [0.5, 0.6) is 5.75 Å². The Balaban J connectivity index is 2.08. The molecule has 3 rings (SSSR count).